The average molecular weight is 509 g/mol. The first-order valence-electron chi connectivity index (χ1n) is 10.9. The van der Waals surface area contributed by atoms with Gasteiger partial charge in [-0.05, 0) is 61.1 Å². The lowest BCUT2D eigenvalue weighted by atomic mass is 9.97. The van der Waals surface area contributed by atoms with Crippen LogP contribution in [-0.4, -0.2) is 27.4 Å². The van der Waals surface area contributed by atoms with Crippen molar-refractivity contribution in [2.24, 2.45) is 5.10 Å². The Kier molecular flexibility index (Phi) is 6.80. The van der Waals surface area contributed by atoms with Crippen LogP contribution in [0.3, 0.4) is 0 Å². The highest BCUT2D eigenvalue weighted by Gasteiger charge is 2.23. The Bertz CT molecular complexity index is 1430. The van der Waals surface area contributed by atoms with Gasteiger partial charge in [-0.15, -0.1) is 11.3 Å². The van der Waals surface area contributed by atoms with Crippen LogP contribution in [0.25, 0.3) is 15.9 Å². The quantitative estimate of drug-likeness (QED) is 0.168. The molecular formula is C25H21ClN4O2S2. The molecule has 2 aromatic heterocycles. The average Bonchev–Trinajstić information content (AvgIpc) is 3.23. The molecule has 0 radical (unpaired) electrons. The molecule has 2 aromatic carbocycles. The van der Waals surface area contributed by atoms with Crippen molar-refractivity contribution in [1.29, 1.82) is 0 Å². The molecule has 9 heteroatoms. The Morgan fingerprint density at radius 1 is 1.15 bits per heavy atom. The Morgan fingerprint density at radius 3 is 2.71 bits per heavy atom. The summed E-state index contributed by atoms with van der Waals surface area (Å²) in [5.41, 5.74) is 5.17. The number of nitrogens with zero attached hydrogens (tertiary/aromatic N) is 3. The van der Waals surface area contributed by atoms with Gasteiger partial charge in [0.25, 0.3) is 11.5 Å². The molecule has 1 N–H and O–H groups in total. The van der Waals surface area contributed by atoms with Gasteiger partial charge >= 0.3 is 0 Å². The third-order valence-corrected chi connectivity index (χ3v) is 7.95. The molecule has 34 heavy (non-hydrogen) atoms. The Labute approximate surface area is 209 Å². The summed E-state index contributed by atoms with van der Waals surface area (Å²) in [7, 11) is 0. The van der Waals surface area contributed by atoms with E-state index in [2.05, 4.69) is 10.5 Å². The summed E-state index contributed by atoms with van der Waals surface area (Å²) in [5, 5.41) is 5.87. The van der Waals surface area contributed by atoms with E-state index in [0.29, 0.717) is 10.2 Å². The van der Waals surface area contributed by atoms with Crippen molar-refractivity contribution in [2.45, 2.75) is 30.8 Å². The smallest absolute Gasteiger partial charge is 0.267 e. The number of carbonyl (C=O) groups excluding carboxylic acids is 1. The zero-order valence-corrected chi connectivity index (χ0v) is 20.6. The van der Waals surface area contributed by atoms with E-state index in [4.69, 9.17) is 16.6 Å². The molecule has 2 heterocycles. The summed E-state index contributed by atoms with van der Waals surface area (Å²) < 4.78 is 1.62. The first kappa shape index (κ1) is 22.8. The minimum absolute atomic E-state index is 0.0701. The van der Waals surface area contributed by atoms with Gasteiger partial charge < -0.3 is 0 Å². The second-order valence-electron chi connectivity index (χ2n) is 7.89. The predicted octanol–water partition coefficient (Wildman–Crippen LogP) is 5.22. The number of aryl methyl sites for hydroxylation is 2. The molecule has 0 unspecified atom stereocenters. The molecule has 172 valence electrons. The van der Waals surface area contributed by atoms with Crippen LogP contribution in [0.1, 0.15) is 28.8 Å². The first-order chi connectivity index (χ1) is 16.6. The molecule has 1 amide bonds. The second-order valence-corrected chi connectivity index (χ2v) is 10.4. The van der Waals surface area contributed by atoms with Gasteiger partial charge in [-0.25, -0.2) is 10.4 Å². The van der Waals surface area contributed by atoms with Gasteiger partial charge in [-0.2, -0.15) is 5.10 Å². The van der Waals surface area contributed by atoms with Gasteiger partial charge in [0.2, 0.25) is 0 Å². The van der Waals surface area contributed by atoms with Crippen molar-refractivity contribution in [1.82, 2.24) is 15.0 Å². The number of para-hydroxylation sites is 1. The van der Waals surface area contributed by atoms with E-state index in [1.54, 1.807) is 34.3 Å². The van der Waals surface area contributed by atoms with Gasteiger partial charge in [0.1, 0.15) is 4.83 Å². The number of aromatic nitrogens is 2. The number of rotatable bonds is 6. The molecule has 5 rings (SSSR count). The van der Waals surface area contributed by atoms with E-state index in [-0.39, 0.29) is 17.2 Å². The molecule has 0 saturated carbocycles. The zero-order valence-electron chi connectivity index (χ0n) is 18.2. The lowest BCUT2D eigenvalue weighted by Crippen LogP contribution is -2.24. The number of halogens is 1. The summed E-state index contributed by atoms with van der Waals surface area (Å²) in [5.74, 6) is -0.206. The highest BCUT2D eigenvalue weighted by Crippen LogP contribution is 2.35. The van der Waals surface area contributed by atoms with Crippen LogP contribution in [0.15, 0.2) is 69.6 Å². The molecule has 0 aliphatic heterocycles. The van der Waals surface area contributed by atoms with Gasteiger partial charge in [0.15, 0.2) is 5.16 Å². The van der Waals surface area contributed by atoms with E-state index < -0.39 is 0 Å². The number of hydrogen-bond acceptors (Lipinski definition) is 6. The fourth-order valence-corrected chi connectivity index (χ4v) is 6.21. The van der Waals surface area contributed by atoms with Gasteiger partial charge in [-0.3, -0.25) is 14.2 Å². The number of hydrogen-bond donors (Lipinski definition) is 1. The molecule has 1 aliphatic carbocycles. The predicted molar refractivity (Wildman–Crippen MR) is 140 cm³/mol. The third kappa shape index (κ3) is 4.80. The number of nitrogens with one attached hydrogen (secondary N) is 1. The molecule has 4 aromatic rings. The Hall–Kier alpha value is -2.94. The van der Waals surface area contributed by atoms with Crippen LogP contribution in [0.5, 0.6) is 0 Å². The van der Waals surface area contributed by atoms with Crippen molar-refractivity contribution in [3.8, 4) is 5.69 Å². The molecular weight excluding hydrogens is 488 g/mol. The van der Waals surface area contributed by atoms with E-state index >= 15 is 0 Å². The van der Waals surface area contributed by atoms with Crippen molar-refractivity contribution in [2.75, 3.05) is 5.75 Å². The highest BCUT2D eigenvalue weighted by atomic mass is 35.5. The number of carbonyl (C=O) groups is 1. The Balaban J connectivity index is 1.41. The summed E-state index contributed by atoms with van der Waals surface area (Å²) in [4.78, 5) is 33.0. The number of fused-ring (bicyclic) bond motifs is 3. The van der Waals surface area contributed by atoms with Crippen LogP contribution in [0.4, 0.5) is 0 Å². The summed E-state index contributed by atoms with van der Waals surface area (Å²) >= 11 is 8.72. The van der Waals surface area contributed by atoms with Crippen LogP contribution < -0.4 is 11.0 Å². The van der Waals surface area contributed by atoms with E-state index in [1.165, 1.54) is 16.6 Å². The molecule has 0 atom stereocenters. The van der Waals surface area contributed by atoms with E-state index in [0.717, 1.165) is 52.7 Å². The number of hydrazone groups is 1. The van der Waals surface area contributed by atoms with Crippen molar-refractivity contribution in [3.05, 3.63) is 86.0 Å². The molecule has 0 saturated heterocycles. The van der Waals surface area contributed by atoms with E-state index in [1.807, 2.05) is 42.5 Å². The van der Waals surface area contributed by atoms with Gasteiger partial charge in [0.05, 0.1) is 23.0 Å². The summed E-state index contributed by atoms with van der Waals surface area (Å²) in [6.07, 6.45) is 5.71. The van der Waals surface area contributed by atoms with Crippen LogP contribution in [0.2, 0.25) is 5.02 Å². The normalized spacial score (nSPS) is 13.3. The lowest BCUT2D eigenvalue weighted by Gasteiger charge is -2.13. The lowest BCUT2D eigenvalue weighted by molar-refractivity contribution is -0.118. The van der Waals surface area contributed by atoms with Crippen molar-refractivity contribution < 1.29 is 4.79 Å². The minimum atomic E-state index is -0.283. The van der Waals surface area contributed by atoms with Crippen molar-refractivity contribution >= 4 is 57.0 Å². The topological polar surface area (TPSA) is 76.3 Å². The number of benzene rings is 2. The molecule has 6 nitrogen and oxygen atoms in total. The first-order valence-corrected chi connectivity index (χ1v) is 13.1. The van der Waals surface area contributed by atoms with Crippen LogP contribution >= 0.6 is 34.7 Å². The minimum Gasteiger partial charge on any atom is -0.272 e. The maximum absolute atomic E-state index is 13.7. The molecule has 0 fully saturated rings. The van der Waals surface area contributed by atoms with Crippen LogP contribution in [-0.2, 0) is 17.6 Å². The number of amides is 1. The second kappa shape index (κ2) is 10.1. The monoisotopic (exact) mass is 508 g/mol. The Morgan fingerprint density at radius 2 is 1.91 bits per heavy atom. The van der Waals surface area contributed by atoms with Crippen LogP contribution in [0, 0.1) is 0 Å². The highest BCUT2D eigenvalue weighted by molar-refractivity contribution is 7.99. The molecule has 0 spiro atoms. The fraction of sp³-hybridized carbons (Fsp3) is 0.200. The third-order valence-electron chi connectivity index (χ3n) is 5.58. The van der Waals surface area contributed by atoms with Gasteiger partial charge in [0, 0.05) is 9.90 Å². The standard InChI is InChI=1S/C25H21ClN4O2S2/c26-17-12-10-16(11-13-17)14-27-29-21(31)15-33-25-28-23-22(19-8-4-5-9-20(19)34-23)24(32)30(25)18-6-2-1-3-7-18/h1-3,6-7,10-14H,4-5,8-9,15H2,(H,29,31)/b27-14+. The maximum Gasteiger partial charge on any atom is 0.267 e. The number of thiophene rings is 1. The summed E-state index contributed by atoms with van der Waals surface area (Å²) in [6.45, 7) is 0. The summed E-state index contributed by atoms with van der Waals surface area (Å²) in [6, 6.07) is 16.6. The zero-order chi connectivity index (χ0) is 23.5. The van der Waals surface area contributed by atoms with Gasteiger partial charge in [-0.1, -0.05) is 53.7 Å². The van der Waals surface area contributed by atoms with Crippen molar-refractivity contribution in [3.63, 3.8) is 0 Å². The fourth-order valence-electron chi connectivity index (χ4n) is 3.98. The molecule has 0 bridgehead atoms. The largest absolute Gasteiger partial charge is 0.272 e. The van der Waals surface area contributed by atoms with E-state index in [9.17, 15) is 9.59 Å². The number of thioether (sulfide) groups is 1. The maximum atomic E-state index is 13.7. The SMILES string of the molecule is O=C(CSc1nc2sc3c(c2c(=O)n1-c1ccccc1)CCCC3)N/N=C/c1ccc(Cl)cc1. The molecule has 1 aliphatic rings.